The molecule has 0 saturated carbocycles. The number of benzene rings is 2. The summed E-state index contributed by atoms with van der Waals surface area (Å²) in [6.45, 7) is 2.45. The molecule has 0 unspecified atom stereocenters. The van der Waals surface area contributed by atoms with Crippen molar-refractivity contribution in [3.05, 3.63) is 58.6 Å². The van der Waals surface area contributed by atoms with Crippen molar-refractivity contribution in [2.45, 2.75) is 6.92 Å². The Morgan fingerprint density at radius 1 is 1.15 bits per heavy atom. The molecule has 0 spiro atoms. The van der Waals surface area contributed by atoms with E-state index in [-0.39, 0.29) is 0 Å². The molecule has 0 aliphatic carbocycles. The van der Waals surface area contributed by atoms with Crippen LogP contribution in [0.1, 0.15) is 11.1 Å². The number of esters is 1. The predicted octanol–water partition coefficient (Wildman–Crippen LogP) is 3.61. The highest BCUT2D eigenvalue weighted by atomic mass is 35.5. The van der Waals surface area contributed by atoms with Crippen molar-refractivity contribution in [1.82, 2.24) is 0 Å². The van der Waals surface area contributed by atoms with Gasteiger partial charge in [-0.3, -0.25) is 4.79 Å². The lowest BCUT2D eigenvalue weighted by atomic mass is 10.1. The number of nitrogens with one attached hydrogen (secondary N) is 1. The molecule has 3 rings (SSSR count). The number of hydrogen-bond donors (Lipinski definition) is 1. The SMILES string of the molecule is Cc1ccc(/C=C/C(=O)OCC(=O)Nc2ccc3c(c2)OCCO3)cc1Cl. The van der Waals surface area contributed by atoms with Gasteiger partial charge in [0, 0.05) is 22.9 Å². The van der Waals surface area contributed by atoms with Crippen molar-refractivity contribution in [3.63, 3.8) is 0 Å². The van der Waals surface area contributed by atoms with Gasteiger partial charge in [-0.2, -0.15) is 0 Å². The lowest BCUT2D eigenvalue weighted by Gasteiger charge is -2.18. The number of amides is 1. The summed E-state index contributed by atoms with van der Waals surface area (Å²) in [6.07, 6.45) is 2.82. The Hall–Kier alpha value is -2.99. The molecule has 1 aliphatic heterocycles. The minimum absolute atomic E-state index is 0.397. The van der Waals surface area contributed by atoms with Crippen LogP contribution in [0, 0.1) is 6.92 Å². The molecule has 2 aromatic carbocycles. The maximum absolute atomic E-state index is 11.9. The number of aryl methyl sites for hydroxylation is 1. The monoisotopic (exact) mass is 387 g/mol. The van der Waals surface area contributed by atoms with Crippen LogP contribution in [-0.2, 0) is 14.3 Å². The highest BCUT2D eigenvalue weighted by molar-refractivity contribution is 6.31. The smallest absolute Gasteiger partial charge is 0.331 e. The number of fused-ring (bicyclic) bond motifs is 1. The fraction of sp³-hybridized carbons (Fsp3) is 0.200. The summed E-state index contributed by atoms with van der Waals surface area (Å²) in [5.74, 6) is 0.124. The Labute approximate surface area is 161 Å². The topological polar surface area (TPSA) is 73.9 Å². The zero-order chi connectivity index (χ0) is 19.2. The molecule has 6 nitrogen and oxygen atoms in total. The van der Waals surface area contributed by atoms with Crippen LogP contribution in [0.5, 0.6) is 11.5 Å². The summed E-state index contributed by atoms with van der Waals surface area (Å²) in [5.41, 5.74) is 2.25. The van der Waals surface area contributed by atoms with Gasteiger partial charge in [-0.15, -0.1) is 0 Å². The third-order valence-corrected chi connectivity index (χ3v) is 4.19. The Bertz CT molecular complexity index is 894. The molecule has 7 heteroatoms. The fourth-order valence-corrected chi connectivity index (χ4v) is 2.57. The maximum Gasteiger partial charge on any atom is 0.331 e. The molecule has 0 saturated heterocycles. The largest absolute Gasteiger partial charge is 0.486 e. The van der Waals surface area contributed by atoms with E-state index in [1.165, 1.54) is 6.08 Å². The van der Waals surface area contributed by atoms with Gasteiger partial charge < -0.3 is 19.5 Å². The van der Waals surface area contributed by atoms with E-state index >= 15 is 0 Å². The summed E-state index contributed by atoms with van der Waals surface area (Å²) in [4.78, 5) is 23.7. The second-order valence-corrected chi connectivity index (χ2v) is 6.26. The van der Waals surface area contributed by atoms with Gasteiger partial charge in [0.2, 0.25) is 0 Å². The van der Waals surface area contributed by atoms with Gasteiger partial charge in [0.25, 0.3) is 5.91 Å². The number of halogens is 1. The highest BCUT2D eigenvalue weighted by Crippen LogP contribution is 2.32. The Morgan fingerprint density at radius 2 is 1.93 bits per heavy atom. The first-order valence-electron chi connectivity index (χ1n) is 8.32. The number of rotatable bonds is 5. The normalized spacial score (nSPS) is 12.7. The van der Waals surface area contributed by atoms with Crippen molar-refractivity contribution < 1.29 is 23.8 Å². The van der Waals surface area contributed by atoms with Crippen LogP contribution in [0.15, 0.2) is 42.5 Å². The number of anilines is 1. The Balaban J connectivity index is 1.49. The third-order valence-electron chi connectivity index (χ3n) is 3.78. The maximum atomic E-state index is 11.9. The number of carbonyl (C=O) groups excluding carboxylic acids is 2. The van der Waals surface area contributed by atoms with Gasteiger partial charge in [0.1, 0.15) is 13.2 Å². The predicted molar refractivity (Wildman–Crippen MR) is 102 cm³/mol. The Kier molecular flexibility index (Phi) is 5.98. The molecule has 1 N–H and O–H groups in total. The van der Waals surface area contributed by atoms with Crippen LogP contribution in [-0.4, -0.2) is 31.7 Å². The van der Waals surface area contributed by atoms with Crippen molar-refractivity contribution >= 4 is 35.2 Å². The van der Waals surface area contributed by atoms with E-state index < -0.39 is 18.5 Å². The summed E-state index contributed by atoms with van der Waals surface area (Å²) < 4.78 is 15.8. The van der Waals surface area contributed by atoms with Gasteiger partial charge in [-0.1, -0.05) is 23.7 Å². The van der Waals surface area contributed by atoms with Gasteiger partial charge >= 0.3 is 5.97 Å². The van der Waals surface area contributed by atoms with E-state index in [2.05, 4.69) is 5.32 Å². The standard InChI is InChI=1S/C20H18ClNO5/c1-13-2-3-14(10-16(13)21)4-7-20(24)27-12-19(23)22-15-5-6-17-18(11-15)26-9-8-25-17/h2-7,10-11H,8-9,12H2,1H3,(H,22,23)/b7-4+. The van der Waals surface area contributed by atoms with Crippen LogP contribution in [0.2, 0.25) is 5.02 Å². The molecule has 0 atom stereocenters. The molecule has 1 amide bonds. The molecule has 1 heterocycles. The lowest BCUT2D eigenvalue weighted by Crippen LogP contribution is -2.20. The first kappa shape index (κ1) is 18.8. The second-order valence-electron chi connectivity index (χ2n) is 5.86. The number of carbonyl (C=O) groups is 2. The molecule has 0 fully saturated rings. The van der Waals surface area contributed by atoms with Crippen LogP contribution < -0.4 is 14.8 Å². The van der Waals surface area contributed by atoms with E-state index in [9.17, 15) is 9.59 Å². The van der Waals surface area contributed by atoms with Crippen LogP contribution in [0.25, 0.3) is 6.08 Å². The van der Waals surface area contributed by atoms with Crippen molar-refractivity contribution in [1.29, 1.82) is 0 Å². The quantitative estimate of drug-likeness (QED) is 0.626. The molecule has 0 bridgehead atoms. The highest BCUT2D eigenvalue weighted by Gasteiger charge is 2.13. The molecule has 140 valence electrons. The zero-order valence-electron chi connectivity index (χ0n) is 14.7. The van der Waals surface area contributed by atoms with E-state index in [4.69, 9.17) is 25.8 Å². The first-order valence-corrected chi connectivity index (χ1v) is 8.69. The molecular weight excluding hydrogens is 370 g/mol. The van der Waals surface area contributed by atoms with Crippen molar-refractivity contribution in [2.24, 2.45) is 0 Å². The molecule has 0 aromatic heterocycles. The van der Waals surface area contributed by atoms with Gasteiger partial charge in [0.15, 0.2) is 18.1 Å². The fourth-order valence-electron chi connectivity index (χ4n) is 2.38. The molecule has 1 aliphatic rings. The van der Waals surface area contributed by atoms with Gasteiger partial charge in [-0.25, -0.2) is 4.79 Å². The lowest BCUT2D eigenvalue weighted by molar-refractivity contribution is -0.142. The molecule has 0 radical (unpaired) electrons. The van der Waals surface area contributed by atoms with Crippen molar-refractivity contribution in [2.75, 3.05) is 25.1 Å². The van der Waals surface area contributed by atoms with E-state index in [1.54, 1.807) is 30.3 Å². The van der Waals surface area contributed by atoms with Crippen molar-refractivity contribution in [3.8, 4) is 11.5 Å². The third kappa shape index (κ3) is 5.24. The van der Waals surface area contributed by atoms with E-state index in [0.29, 0.717) is 35.4 Å². The minimum atomic E-state index is -0.621. The molecule has 2 aromatic rings. The van der Waals surface area contributed by atoms with E-state index in [1.807, 2.05) is 19.1 Å². The first-order chi connectivity index (χ1) is 13.0. The van der Waals surface area contributed by atoms with Crippen LogP contribution in [0.4, 0.5) is 5.69 Å². The number of hydrogen-bond acceptors (Lipinski definition) is 5. The van der Waals surface area contributed by atoms with Gasteiger partial charge in [-0.05, 0) is 42.3 Å². The zero-order valence-corrected chi connectivity index (χ0v) is 15.4. The average Bonchev–Trinajstić information content (AvgIpc) is 2.67. The minimum Gasteiger partial charge on any atom is -0.486 e. The summed E-state index contributed by atoms with van der Waals surface area (Å²) in [6, 6.07) is 10.5. The van der Waals surface area contributed by atoms with Crippen LogP contribution in [0.3, 0.4) is 0 Å². The average molecular weight is 388 g/mol. The summed E-state index contributed by atoms with van der Waals surface area (Å²) in [7, 11) is 0. The summed E-state index contributed by atoms with van der Waals surface area (Å²) >= 11 is 6.03. The summed E-state index contributed by atoms with van der Waals surface area (Å²) in [5, 5.41) is 3.26. The van der Waals surface area contributed by atoms with Gasteiger partial charge in [0.05, 0.1) is 0 Å². The van der Waals surface area contributed by atoms with E-state index in [0.717, 1.165) is 11.1 Å². The molecular formula is C20H18ClNO5. The molecule has 27 heavy (non-hydrogen) atoms. The second kappa shape index (κ2) is 8.60. The number of ether oxygens (including phenoxy) is 3. The Morgan fingerprint density at radius 3 is 2.70 bits per heavy atom. The van der Waals surface area contributed by atoms with Crippen LogP contribution >= 0.6 is 11.6 Å².